The fourth-order valence-corrected chi connectivity index (χ4v) is 1.92. The van der Waals surface area contributed by atoms with E-state index in [0.717, 1.165) is 12.8 Å². The van der Waals surface area contributed by atoms with Gasteiger partial charge < -0.3 is 10.5 Å². The molecule has 3 nitrogen and oxygen atoms in total. The van der Waals surface area contributed by atoms with Crippen LogP contribution in [0.2, 0.25) is 0 Å². The predicted molar refractivity (Wildman–Crippen MR) is 58.4 cm³/mol. The molecule has 0 spiro atoms. The first-order chi connectivity index (χ1) is 6.25. The predicted octanol–water partition coefficient (Wildman–Crippen LogP) is 1.88. The molecule has 1 fully saturated rings. The summed E-state index contributed by atoms with van der Waals surface area (Å²) < 4.78 is 4.89. The summed E-state index contributed by atoms with van der Waals surface area (Å²) in [4.78, 5) is 11.3. The second-order valence-electron chi connectivity index (χ2n) is 3.68. The Labute approximate surface area is 91.8 Å². The fourth-order valence-electron chi connectivity index (χ4n) is 1.92. The molecule has 84 valence electrons. The number of carbonyl (C=O) groups is 1. The minimum Gasteiger partial charge on any atom is -0.465 e. The van der Waals surface area contributed by atoms with Gasteiger partial charge in [0.1, 0.15) is 6.04 Å². The number of halogens is 1. The van der Waals surface area contributed by atoms with Crippen LogP contribution < -0.4 is 5.73 Å². The first-order valence-electron chi connectivity index (χ1n) is 5.18. The number of hydrogen-bond donors (Lipinski definition) is 1. The number of carbonyl (C=O) groups excluding carboxylic acids is 1. The standard InChI is InChI=1S/C10H19NO2.ClH/c1-2-13-10(12)9(11)8-6-4-3-5-7-8;/h8-9H,2-7,11H2,1H3;1H/t9-;/m1./s1. The van der Waals surface area contributed by atoms with Crippen LogP contribution in [-0.2, 0) is 9.53 Å². The van der Waals surface area contributed by atoms with Gasteiger partial charge in [-0.15, -0.1) is 12.4 Å². The lowest BCUT2D eigenvalue weighted by Crippen LogP contribution is -2.40. The summed E-state index contributed by atoms with van der Waals surface area (Å²) in [5, 5.41) is 0. The summed E-state index contributed by atoms with van der Waals surface area (Å²) in [7, 11) is 0. The fraction of sp³-hybridized carbons (Fsp3) is 0.900. The highest BCUT2D eigenvalue weighted by molar-refractivity contribution is 5.85. The first kappa shape index (κ1) is 13.7. The summed E-state index contributed by atoms with van der Waals surface area (Å²) in [5.74, 6) is 0.127. The van der Waals surface area contributed by atoms with E-state index in [1.165, 1.54) is 19.3 Å². The van der Waals surface area contributed by atoms with Crippen LogP contribution in [0.1, 0.15) is 39.0 Å². The Kier molecular flexibility index (Phi) is 6.93. The van der Waals surface area contributed by atoms with Crippen LogP contribution >= 0.6 is 12.4 Å². The van der Waals surface area contributed by atoms with Crippen molar-refractivity contribution in [2.45, 2.75) is 45.1 Å². The lowest BCUT2D eigenvalue weighted by molar-refractivity contribution is -0.146. The molecular weight excluding hydrogens is 202 g/mol. The molecule has 0 aromatic heterocycles. The molecule has 0 radical (unpaired) electrons. The highest BCUT2D eigenvalue weighted by atomic mass is 35.5. The van der Waals surface area contributed by atoms with Crippen molar-refractivity contribution in [2.75, 3.05) is 6.61 Å². The second kappa shape index (κ2) is 7.07. The molecule has 14 heavy (non-hydrogen) atoms. The van der Waals surface area contributed by atoms with E-state index in [2.05, 4.69) is 0 Å². The van der Waals surface area contributed by atoms with Gasteiger partial charge in [0.25, 0.3) is 0 Å². The van der Waals surface area contributed by atoms with Crippen LogP contribution in [0.3, 0.4) is 0 Å². The van der Waals surface area contributed by atoms with E-state index in [9.17, 15) is 4.79 Å². The monoisotopic (exact) mass is 221 g/mol. The highest BCUT2D eigenvalue weighted by Crippen LogP contribution is 2.25. The van der Waals surface area contributed by atoms with Gasteiger partial charge in [-0.2, -0.15) is 0 Å². The van der Waals surface area contributed by atoms with Gasteiger partial charge in [-0.05, 0) is 25.7 Å². The van der Waals surface area contributed by atoms with Crippen LogP contribution in [-0.4, -0.2) is 18.6 Å². The average molecular weight is 222 g/mol. The number of nitrogens with two attached hydrogens (primary N) is 1. The van der Waals surface area contributed by atoms with Crippen LogP contribution in [0.15, 0.2) is 0 Å². The Balaban J connectivity index is 0.00000169. The van der Waals surface area contributed by atoms with Crippen molar-refractivity contribution in [3.8, 4) is 0 Å². The third-order valence-electron chi connectivity index (χ3n) is 2.72. The summed E-state index contributed by atoms with van der Waals surface area (Å²) in [6, 6.07) is -0.389. The van der Waals surface area contributed by atoms with Gasteiger partial charge in [0.2, 0.25) is 0 Å². The zero-order valence-corrected chi connectivity index (χ0v) is 9.52. The molecule has 0 bridgehead atoms. The zero-order valence-electron chi connectivity index (χ0n) is 8.70. The molecule has 0 aromatic carbocycles. The summed E-state index contributed by atoms with van der Waals surface area (Å²) in [6.45, 7) is 2.24. The second-order valence-corrected chi connectivity index (χ2v) is 3.68. The maximum absolute atomic E-state index is 11.3. The third kappa shape index (κ3) is 3.84. The number of rotatable bonds is 3. The molecule has 0 amide bonds. The van der Waals surface area contributed by atoms with E-state index in [4.69, 9.17) is 10.5 Å². The summed E-state index contributed by atoms with van der Waals surface area (Å²) >= 11 is 0. The van der Waals surface area contributed by atoms with Gasteiger partial charge in [0.15, 0.2) is 0 Å². The van der Waals surface area contributed by atoms with E-state index < -0.39 is 0 Å². The minimum absolute atomic E-state index is 0. The number of esters is 1. The molecule has 0 saturated heterocycles. The van der Waals surface area contributed by atoms with Crippen molar-refractivity contribution in [2.24, 2.45) is 11.7 Å². The van der Waals surface area contributed by atoms with Gasteiger partial charge in [-0.25, -0.2) is 0 Å². The van der Waals surface area contributed by atoms with E-state index in [1.54, 1.807) is 0 Å². The summed E-state index contributed by atoms with van der Waals surface area (Å²) in [6.07, 6.45) is 5.86. The molecule has 0 heterocycles. The molecule has 1 saturated carbocycles. The van der Waals surface area contributed by atoms with Crippen LogP contribution in [0.25, 0.3) is 0 Å². The van der Waals surface area contributed by atoms with Crippen LogP contribution in [0.5, 0.6) is 0 Å². The summed E-state index contributed by atoms with van der Waals surface area (Å²) in [5.41, 5.74) is 5.80. The van der Waals surface area contributed by atoms with Crippen molar-refractivity contribution in [3.63, 3.8) is 0 Å². The minimum atomic E-state index is -0.389. The molecule has 1 rings (SSSR count). The maximum atomic E-state index is 11.3. The molecule has 0 aromatic rings. The van der Waals surface area contributed by atoms with Crippen molar-refractivity contribution in [3.05, 3.63) is 0 Å². The quantitative estimate of drug-likeness (QED) is 0.741. The normalized spacial score (nSPS) is 19.6. The van der Waals surface area contributed by atoms with E-state index in [-0.39, 0.29) is 24.4 Å². The number of hydrogen-bond acceptors (Lipinski definition) is 3. The van der Waals surface area contributed by atoms with E-state index in [0.29, 0.717) is 12.5 Å². The molecule has 1 aliphatic rings. The Hall–Kier alpha value is -0.280. The van der Waals surface area contributed by atoms with E-state index >= 15 is 0 Å². The average Bonchev–Trinajstić information content (AvgIpc) is 2.18. The maximum Gasteiger partial charge on any atom is 0.323 e. The van der Waals surface area contributed by atoms with Gasteiger partial charge >= 0.3 is 5.97 Å². The van der Waals surface area contributed by atoms with Crippen molar-refractivity contribution >= 4 is 18.4 Å². The first-order valence-corrected chi connectivity index (χ1v) is 5.18. The smallest absolute Gasteiger partial charge is 0.323 e. The Morgan fingerprint density at radius 1 is 1.43 bits per heavy atom. The number of ether oxygens (including phenoxy) is 1. The van der Waals surface area contributed by atoms with Gasteiger partial charge in [-0.1, -0.05) is 19.3 Å². The molecule has 0 aliphatic heterocycles. The Morgan fingerprint density at radius 2 is 2.00 bits per heavy atom. The van der Waals surface area contributed by atoms with E-state index in [1.807, 2.05) is 6.92 Å². The zero-order chi connectivity index (χ0) is 9.68. The molecule has 0 unspecified atom stereocenters. The largest absolute Gasteiger partial charge is 0.465 e. The topological polar surface area (TPSA) is 52.3 Å². The molecule has 2 N–H and O–H groups in total. The van der Waals surface area contributed by atoms with Gasteiger partial charge in [0, 0.05) is 0 Å². The molecule has 1 atom stereocenters. The Bertz CT molecular complexity index is 170. The van der Waals surface area contributed by atoms with Crippen LogP contribution in [0, 0.1) is 5.92 Å². The van der Waals surface area contributed by atoms with Crippen molar-refractivity contribution < 1.29 is 9.53 Å². The van der Waals surface area contributed by atoms with Gasteiger partial charge in [-0.3, -0.25) is 4.79 Å². The molecular formula is C10H20ClNO2. The SMILES string of the molecule is CCOC(=O)[C@H](N)C1CCCCC1.Cl. The van der Waals surface area contributed by atoms with Crippen molar-refractivity contribution in [1.82, 2.24) is 0 Å². The van der Waals surface area contributed by atoms with Crippen LogP contribution in [0.4, 0.5) is 0 Å². The highest BCUT2D eigenvalue weighted by Gasteiger charge is 2.26. The lowest BCUT2D eigenvalue weighted by Gasteiger charge is -2.25. The molecule has 1 aliphatic carbocycles. The lowest BCUT2D eigenvalue weighted by atomic mass is 9.84. The van der Waals surface area contributed by atoms with Gasteiger partial charge in [0.05, 0.1) is 6.61 Å². The molecule has 4 heteroatoms. The Morgan fingerprint density at radius 3 is 2.50 bits per heavy atom. The van der Waals surface area contributed by atoms with Crippen molar-refractivity contribution in [1.29, 1.82) is 0 Å². The third-order valence-corrected chi connectivity index (χ3v) is 2.72.